The van der Waals surface area contributed by atoms with Gasteiger partial charge < -0.3 is 25.8 Å². The molecule has 0 aliphatic carbocycles. The van der Waals surface area contributed by atoms with Crippen LogP contribution in [0.4, 0.5) is 5.69 Å². The molecule has 1 heterocycles. The van der Waals surface area contributed by atoms with Crippen molar-refractivity contribution in [1.29, 1.82) is 0 Å². The van der Waals surface area contributed by atoms with Crippen LogP contribution in [0.1, 0.15) is 41.2 Å². The molecule has 8 nitrogen and oxygen atoms in total. The number of hydrogen-bond donors (Lipinski definition) is 3. The van der Waals surface area contributed by atoms with Crippen LogP contribution in [0.25, 0.3) is 11.1 Å². The number of Topliss-reactive ketones (excluding diaryl/α,β-unsaturated/α-hetero) is 1. The number of fused-ring (bicyclic) bond motifs is 1. The molecule has 0 fully saturated rings. The lowest BCUT2D eigenvalue weighted by molar-refractivity contribution is -0.143. The molecule has 4 N–H and O–H groups in total. The zero-order valence-corrected chi connectivity index (χ0v) is 22.9. The van der Waals surface area contributed by atoms with Crippen LogP contribution in [0.5, 0.6) is 5.75 Å². The fourth-order valence-corrected chi connectivity index (χ4v) is 5.12. The molecule has 3 aromatic rings. The maximum atomic E-state index is 13.1. The molecule has 204 valence electrons. The first-order valence-electron chi connectivity index (χ1n) is 12.5. The molecule has 1 unspecified atom stereocenters. The smallest absolute Gasteiger partial charge is 0.328 e. The number of ketones is 1. The summed E-state index contributed by atoms with van der Waals surface area (Å²) in [5, 5.41) is 6.15. The van der Waals surface area contributed by atoms with Crippen molar-refractivity contribution in [2.24, 2.45) is 0 Å². The van der Waals surface area contributed by atoms with Crippen LogP contribution >= 0.6 is 23.2 Å². The molecule has 39 heavy (non-hydrogen) atoms. The van der Waals surface area contributed by atoms with Crippen molar-refractivity contribution >= 4 is 46.5 Å². The average molecular weight is 570 g/mol. The maximum Gasteiger partial charge on any atom is 0.328 e. The molecule has 0 radical (unpaired) electrons. The molecule has 4 rings (SSSR count). The Kier molecular flexibility index (Phi) is 9.45. The van der Waals surface area contributed by atoms with E-state index in [-0.39, 0.29) is 46.8 Å². The van der Waals surface area contributed by atoms with E-state index in [1.807, 2.05) is 42.5 Å². The van der Waals surface area contributed by atoms with Gasteiger partial charge in [-0.3, -0.25) is 9.59 Å². The van der Waals surface area contributed by atoms with E-state index in [4.69, 9.17) is 38.4 Å². The van der Waals surface area contributed by atoms with E-state index in [9.17, 15) is 14.4 Å². The van der Waals surface area contributed by atoms with Crippen molar-refractivity contribution in [3.05, 3.63) is 81.8 Å². The van der Waals surface area contributed by atoms with Gasteiger partial charge in [0.2, 0.25) is 0 Å². The van der Waals surface area contributed by atoms with Crippen molar-refractivity contribution in [1.82, 2.24) is 10.6 Å². The summed E-state index contributed by atoms with van der Waals surface area (Å²) in [7, 11) is 1.22. The summed E-state index contributed by atoms with van der Waals surface area (Å²) in [5.74, 6) is -0.700. The molecule has 1 aliphatic rings. The predicted octanol–water partition coefficient (Wildman–Crippen LogP) is 4.98. The highest BCUT2D eigenvalue weighted by Crippen LogP contribution is 2.34. The summed E-state index contributed by atoms with van der Waals surface area (Å²) >= 11 is 12.8. The molecule has 0 saturated heterocycles. The van der Waals surface area contributed by atoms with Crippen LogP contribution in [0.3, 0.4) is 0 Å². The first-order chi connectivity index (χ1) is 18.8. The minimum Gasteiger partial charge on any atom is -0.493 e. The zero-order valence-electron chi connectivity index (χ0n) is 21.3. The normalized spacial score (nSPS) is 15.0. The number of nitrogens with two attached hydrogens (primary N) is 1. The minimum atomic E-state index is -1.06. The van der Waals surface area contributed by atoms with Gasteiger partial charge in [-0.1, -0.05) is 53.5 Å². The number of anilines is 1. The number of nitrogens with one attached hydrogen (secondary N) is 2. The van der Waals surface area contributed by atoms with Crippen molar-refractivity contribution in [2.45, 2.75) is 31.3 Å². The van der Waals surface area contributed by atoms with Gasteiger partial charge in [0.15, 0.2) is 0 Å². The molecule has 2 atom stereocenters. The number of methoxy groups -OCH3 is 1. The topological polar surface area (TPSA) is 120 Å². The number of benzene rings is 3. The van der Waals surface area contributed by atoms with E-state index in [1.165, 1.54) is 7.11 Å². The molecule has 10 heteroatoms. The number of hydrogen-bond acceptors (Lipinski definition) is 7. The molecule has 0 spiro atoms. The van der Waals surface area contributed by atoms with E-state index in [0.717, 1.165) is 22.4 Å². The first-order valence-corrected chi connectivity index (χ1v) is 13.2. The Bertz CT molecular complexity index is 1340. The fraction of sp³-hybridized carbons (Fsp3) is 0.276. The SMILES string of the molecule is COC(=O)[C@H](CCC(=O)CNC1CCOc2ccc(N)cc21)NC(=O)c1c(Cl)cc(-c2ccccc2)cc1Cl. The van der Waals surface area contributed by atoms with Crippen LogP contribution in [-0.2, 0) is 14.3 Å². The Hall–Kier alpha value is -3.59. The predicted molar refractivity (Wildman–Crippen MR) is 151 cm³/mol. The number of esters is 1. The number of rotatable bonds is 10. The van der Waals surface area contributed by atoms with Crippen LogP contribution in [0.2, 0.25) is 10.0 Å². The Morgan fingerprint density at radius 3 is 2.46 bits per heavy atom. The quantitative estimate of drug-likeness (QED) is 0.232. The maximum absolute atomic E-state index is 13.1. The molecular weight excluding hydrogens is 541 g/mol. The third kappa shape index (κ3) is 7.09. The Morgan fingerprint density at radius 1 is 1.05 bits per heavy atom. The monoisotopic (exact) mass is 569 g/mol. The van der Waals surface area contributed by atoms with Crippen molar-refractivity contribution in [3.8, 4) is 16.9 Å². The van der Waals surface area contributed by atoms with Crippen LogP contribution < -0.4 is 21.1 Å². The van der Waals surface area contributed by atoms with Gasteiger partial charge in [-0.25, -0.2) is 4.79 Å². The largest absolute Gasteiger partial charge is 0.493 e. The van der Waals surface area contributed by atoms with Crippen LogP contribution in [0.15, 0.2) is 60.7 Å². The van der Waals surface area contributed by atoms with Gasteiger partial charge in [-0.05, 0) is 47.9 Å². The van der Waals surface area contributed by atoms with Gasteiger partial charge in [0.1, 0.15) is 17.6 Å². The van der Waals surface area contributed by atoms with Gasteiger partial charge in [0.25, 0.3) is 5.91 Å². The number of carbonyl (C=O) groups excluding carboxylic acids is 3. The van der Waals surface area contributed by atoms with Gasteiger partial charge >= 0.3 is 5.97 Å². The standard InChI is InChI=1S/C29H29Cl2N3O5/c1-38-29(37)25(9-8-20(35)16-33-24-11-12-39-26-10-7-19(32)15-21(24)26)34-28(36)27-22(30)13-18(14-23(27)31)17-5-3-2-4-6-17/h2-7,10,13-15,24-25,33H,8-9,11-12,16,32H2,1H3,(H,34,36)/t24?,25-/m0/s1. The molecule has 3 aromatic carbocycles. The molecule has 1 aliphatic heterocycles. The number of nitrogen functional groups attached to an aromatic ring is 1. The Morgan fingerprint density at radius 2 is 1.77 bits per heavy atom. The van der Waals surface area contributed by atoms with Crippen LogP contribution in [-0.4, -0.2) is 44.0 Å². The molecule has 1 amide bonds. The average Bonchev–Trinajstić information content (AvgIpc) is 2.93. The van der Waals surface area contributed by atoms with E-state index in [1.54, 1.807) is 18.2 Å². The van der Waals surface area contributed by atoms with Crippen LogP contribution in [0, 0.1) is 0 Å². The lowest BCUT2D eigenvalue weighted by atomic mass is 9.99. The highest BCUT2D eigenvalue weighted by Gasteiger charge is 2.27. The number of carbonyl (C=O) groups is 3. The number of halogens is 2. The fourth-order valence-electron chi connectivity index (χ4n) is 4.46. The lowest BCUT2D eigenvalue weighted by Gasteiger charge is -2.27. The van der Waals surface area contributed by atoms with Crippen molar-refractivity contribution < 1.29 is 23.9 Å². The van der Waals surface area contributed by atoms with Gasteiger partial charge in [-0.2, -0.15) is 0 Å². The summed E-state index contributed by atoms with van der Waals surface area (Å²) in [4.78, 5) is 38.2. The number of amides is 1. The van der Waals surface area contributed by atoms with Crippen molar-refractivity contribution in [3.63, 3.8) is 0 Å². The van der Waals surface area contributed by atoms with E-state index >= 15 is 0 Å². The molecule has 0 saturated carbocycles. The van der Waals surface area contributed by atoms with Gasteiger partial charge in [0, 0.05) is 30.1 Å². The second kappa shape index (κ2) is 13.0. The highest BCUT2D eigenvalue weighted by molar-refractivity contribution is 6.40. The second-order valence-electron chi connectivity index (χ2n) is 9.18. The first kappa shape index (κ1) is 28.4. The van der Waals surface area contributed by atoms with E-state index < -0.39 is 17.9 Å². The molecule has 0 aromatic heterocycles. The summed E-state index contributed by atoms with van der Waals surface area (Å²) in [6.07, 6.45) is 0.775. The zero-order chi connectivity index (χ0) is 27.9. The summed E-state index contributed by atoms with van der Waals surface area (Å²) in [6, 6.07) is 17.0. The Balaban J connectivity index is 1.37. The number of ether oxygens (including phenoxy) is 2. The Labute approximate surface area is 236 Å². The van der Waals surface area contributed by atoms with Gasteiger partial charge in [0.05, 0.1) is 35.9 Å². The molecule has 0 bridgehead atoms. The summed E-state index contributed by atoms with van der Waals surface area (Å²) < 4.78 is 10.5. The third-order valence-corrected chi connectivity index (χ3v) is 7.09. The molecular formula is C29H29Cl2N3O5. The van der Waals surface area contributed by atoms with E-state index in [0.29, 0.717) is 18.7 Å². The van der Waals surface area contributed by atoms with E-state index in [2.05, 4.69) is 10.6 Å². The van der Waals surface area contributed by atoms with Gasteiger partial charge in [-0.15, -0.1) is 0 Å². The second-order valence-corrected chi connectivity index (χ2v) is 9.99. The van der Waals surface area contributed by atoms with Crippen molar-refractivity contribution in [2.75, 3.05) is 26.0 Å². The summed E-state index contributed by atoms with van der Waals surface area (Å²) in [6.45, 7) is 0.607. The highest BCUT2D eigenvalue weighted by atomic mass is 35.5. The lowest BCUT2D eigenvalue weighted by Crippen LogP contribution is -2.42. The third-order valence-electron chi connectivity index (χ3n) is 6.50. The minimum absolute atomic E-state index is 0.0362. The summed E-state index contributed by atoms with van der Waals surface area (Å²) in [5.41, 5.74) is 9.11.